The van der Waals surface area contributed by atoms with Crippen molar-refractivity contribution in [3.8, 4) is 0 Å². The Hall–Kier alpha value is -2.13. The number of ether oxygens (including phenoxy) is 1. The zero-order valence-corrected chi connectivity index (χ0v) is 15.5. The van der Waals surface area contributed by atoms with Crippen LogP contribution in [0.1, 0.15) is 24.8 Å². The molecule has 2 amide bonds. The first-order valence-electron chi connectivity index (χ1n) is 8.66. The van der Waals surface area contributed by atoms with Gasteiger partial charge in [-0.15, -0.1) is 0 Å². The number of hydrogen-bond donors (Lipinski definition) is 2. The summed E-state index contributed by atoms with van der Waals surface area (Å²) >= 11 is 0. The van der Waals surface area contributed by atoms with Gasteiger partial charge in [0.15, 0.2) is 0 Å². The van der Waals surface area contributed by atoms with Gasteiger partial charge in [-0.25, -0.2) is 8.42 Å². The number of benzene rings is 1. The maximum atomic E-state index is 12.0. The molecule has 1 saturated heterocycles. The van der Waals surface area contributed by atoms with E-state index in [-0.39, 0.29) is 6.10 Å². The Balaban J connectivity index is 1.63. The first kappa shape index (κ1) is 18.7. The minimum atomic E-state index is -3.33. The second-order valence-corrected chi connectivity index (χ2v) is 8.49. The zero-order chi connectivity index (χ0) is 18.7. The predicted molar refractivity (Wildman–Crippen MR) is 97.6 cm³/mol. The van der Waals surface area contributed by atoms with Crippen LogP contribution in [0.2, 0.25) is 0 Å². The average Bonchev–Trinajstić information content (AvgIpc) is 3.11. The number of sulfonamides is 1. The maximum Gasteiger partial charge on any atom is 0.313 e. The number of rotatable bonds is 4. The van der Waals surface area contributed by atoms with Crippen molar-refractivity contribution in [1.29, 1.82) is 0 Å². The first-order chi connectivity index (χ1) is 12.3. The highest BCUT2D eigenvalue weighted by Crippen LogP contribution is 2.31. The Morgan fingerprint density at radius 2 is 2.08 bits per heavy atom. The van der Waals surface area contributed by atoms with E-state index in [1.165, 1.54) is 10.6 Å². The van der Waals surface area contributed by atoms with Crippen LogP contribution in [0.15, 0.2) is 18.2 Å². The van der Waals surface area contributed by atoms with Crippen molar-refractivity contribution >= 4 is 33.2 Å². The summed E-state index contributed by atoms with van der Waals surface area (Å²) in [6.45, 7) is 1.45. The molecule has 0 unspecified atom stereocenters. The molecule has 1 aromatic carbocycles. The predicted octanol–water partition coefficient (Wildman–Crippen LogP) is 0.633. The number of aryl methyl sites for hydroxylation is 1. The third-order valence-electron chi connectivity index (χ3n) is 4.53. The van der Waals surface area contributed by atoms with Crippen LogP contribution in [0.3, 0.4) is 0 Å². The summed E-state index contributed by atoms with van der Waals surface area (Å²) in [6.07, 6.45) is 4.42. The van der Waals surface area contributed by atoms with E-state index >= 15 is 0 Å². The lowest BCUT2D eigenvalue weighted by molar-refractivity contribution is -0.136. The van der Waals surface area contributed by atoms with Gasteiger partial charge in [0.25, 0.3) is 0 Å². The Morgan fingerprint density at radius 3 is 2.77 bits per heavy atom. The van der Waals surface area contributed by atoms with Crippen molar-refractivity contribution in [3.05, 3.63) is 23.8 Å². The molecule has 2 aliphatic heterocycles. The molecule has 0 saturated carbocycles. The first-order valence-corrected chi connectivity index (χ1v) is 10.5. The highest BCUT2D eigenvalue weighted by atomic mass is 32.2. The fourth-order valence-corrected chi connectivity index (χ4v) is 4.26. The van der Waals surface area contributed by atoms with E-state index < -0.39 is 21.8 Å². The molecule has 2 aliphatic rings. The third kappa shape index (κ3) is 4.34. The van der Waals surface area contributed by atoms with Crippen molar-refractivity contribution in [2.75, 3.05) is 35.6 Å². The molecular weight excluding hydrogens is 358 g/mol. The van der Waals surface area contributed by atoms with Crippen LogP contribution in [0.5, 0.6) is 0 Å². The molecule has 1 atom stereocenters. The lowest BCUT2D eigenvalue weighted by Crippen LogP contribution is -2.39. The zero-order valence-electron chi connectivity index (χ0n) is 14.7. The number of anilines is 2. The largest absolute Gasteiger partial charge is 0.376 e. The highest BCUT2D eigenvalue weighted by Gasteiger charge is 2.25. The van der Waals surface area contributed by atoms with Crippen LogP contribution in [0.4, 0.5) is 11.4 Å². The number of carbonyl (C=O) groups excluding carboxylic acids is 2. The Morgan fingerprint density at radius 1 is 1.27 bits per heavy atom. The van der Waals surface area contributed by atoms with Crippen LogP contribution in [0, 0.1) is 0 Å². The summed E-state index contributed by atoms with van der Waals surface area (Å²) in [7, 11) is -3.33. The number of fused-ring (bicyclic) bond motifs is 1. The molecule has 0 spiro atoms. The van der Waals surface area contributed by atoms with E-state index in [0.29, 0.717) is 37.5 Å². The van der Waals surface area contributed by atoms with Gasteiger partial charge in [-0.05, 0) is 49.4 Å². The third-order valence-corrected chi connectivity index (χ3v) is 5.71. The van der Waals surface area contributed by atoms with Gasteiger partial charge in [-0.1, -0.05) is 0 Å². The molecule has 2 heterocycles. The lowest BCUT2D eigenvalue weighted by Gasteiger charge is -2.29. The van der Waals surface area contributed by atoms with Gasteiger partial charge in [-0.2, -0.15) is 0 Å². The van der Waals surface area contributed by atoms with E-state index in [2.05, 4.69) is 10.6 Å². The minimum absolute atomic E-state index is 0.0301. The van der Waals surface area contributed by atoms with Crippen LogP contribution in [-0.4, -0.2) is 52.3 Å². The SMILES string of the molecule is CS(=O)(=O)N1CCCc2cc(NC(=O)C(=O)NC[C@H]3CCCO3)ccc21. The van der Waals surface area contributed by atoms with E-state index in [0.717, 1.165) is 24.8 Å². The molecule has 1 fully saturated rings. The summed E-state index contributed by atoms with van der Waals surface area (Å²) in [5.41, 5.74) is 1.93. The molecule has 2 N–H and O–H groups in total. The monoisotopic (exact) mass is 381 g/mol. The van der Waals surface area contributed by atoms with Crippen molar-refractivity contribution < 1.29 is 22.7 Å². The summed E-state index contributed by atoms with van der Waals surface area (Å²) < 4.78 is 30.5. The number of nitrogens with zero attached hydrogens (tertiary/aromatic N) is 1. The Labute approximate surface area is 152 Å². The molecule has 8 nitrogen and oxygen atoms in total. The van der Waals surface area contributed by atoms with Crippen LogP contribution in [-0.2, 0) is 30.8 Å². The van der Waals surface area contributed by atoms with E-state index in [9.17, 15) is 18.0 Å². The molecule has 0 aromatic heterocycles. The molecule has 0 aliphatic carbocycles. The topological polar surface area (TPSA) is 105 Å². The van der Waals surface area contributed by atoms with Gasteiger partial charge in [0.1, 0.15) is 0 Å². The summed E-state index contributed by atoms with van der Waals surface area (Å²) in [4.78, 5) is 23.9. The van der Waals surface area contributed by atoms with Crippen molar-refractivity contribution in [3.63, 3.8) is 0 Å². The van der Waals surface area contributed by atoms with Gasteiger partial charge in [0.2, 0.25) is 10.0 Å². The van der Waals surface area contributed by atoms with Gasteiger partial charge < -0.3 is 15.4 Å². The van der Waals surface area contributed by atoms with Crippen molar-refractivity contribution in [2.45, 2.75) is 31.8 Å². The number of amides is 2. The molecular formula is C17H23N3O5S. The van der Waals surface area contributed by atoms with Crippen LogP contribution < -0.4 is 14.9 Å². The highest BCUT2D eigenvalue weighted by molar-refractivity contribution is 7.92. The molecule has 0 bridgehead atoms. The second-order valence-electron chi connectivity index (χ2n) is 6.58. The van der Waals surface area contributed by atoms with E-state index in [1.54, 1.807) is 18.2 Å². The molecule has 3 rings (SSSR count). The van der Waals surface area contributed by atoms with E-state index in [1.807, 2.05) is 0 Å². The molecule has 0 radical (unpaired) electrons. The van der Waals surface area contributed by atoms with Crippen molar-refractivity contribution in [1.82, 2.24) is 5.32 Å². The molecule has 142 valence electrons. The standard InChI is InChI=1S/C17H23N3O5S/c1-26(23,24)20-8-2-4-12-10-13(6-7-15(12)20)19-17(22)16(21)18-11-14-5-3-9-25-14/h6-7,10,14H,2-5,8-9,11H2,1H3,(H,18,21)(H,19,22)/t14-/m1/s1. The van der Waals surface area contributed by atoms with Crippen molar-refractivity contribution in [2.24, 2.45) is 0 Å². The quantitative estimate of drug-likeness (QED) is 0.745. The normalized spacial score (nSPS) is 19.7. The van der Waals surface area contributed by atoms with Gasteiger partial charge in [-0.3, -0.25) is 13.9 Å². The summed E-state index contributed by atoms with van der Waals surface area (Å²) in [5, 5.41) is 5.13. The molecule has 1 aromatic rings. The molecule has 26 heavy (non-hydrogen) atoms. The number of nitrogens with one attached hydrogen (secondary N) is 2. The fourth-order valence-electron chi connectivity index (χ4n) is 3.26. The van der Waals surface area contributed by atoms with Crippen LogP contribution >= 0.6 is 0 Å². The maximum absolute atomic E-state index is 12.0. The van der Waals surface area contributed by atoms with Crippen LogP contribution in [0.25, 0.3) is 0 Å². The Kier molecular flexibility index (Phi) is 5.47. The van der Waals surface area contributed by atoms with Gasteiger partial charge in [0.05, 0.1) is 18.0 Å². The van der Waals surface area contributed by atoms with Gasteiger partial charge in [0, 0.05) is 25.4 Å². The Bertz CT molecular complexity index is 803. The smallest absolute Gasteiger partial charge is 0.313 e. The van der Waals surface area contributed by atoms with Gasteiger partial charge >= 0.3 is 11.8 Å². The minimum Gasteiger partial charge on any atom is -0.376 e. The lowest BCUT2D eigenvalue weighted by atomic mass is 10.0. The second kappa shape index (κ2) is 7.63. The summed E-state index contributed by atoms with van der Waals surface area (Å²) in [5.74, 6) is -1.46. The summed E-state index contributed by atoms with van der Waals surface area (Å²) in [6, 6.07) is 4.99. The number of carbonyl (C=O) groups is 2. The number of hydrogen-bond acceptors (Lipinski definition) is 5. The fraction of sp³-hybridized carbons (Fsp3) is 0.529. The molecule has 9 heteroatoms. The average molecular weight is 381 g/mol. The van der Waals surface area contributed by atoms with E-state index in [4.69, 9.17) is 4.74 Å².